The topological polar surface area (TPSA) is 50.6 Å². The van der Waals surface area contributed by atoms with E-state index in [4.69, 9.17) is 16.3 Å². The van der Waals surface area contributed by atoms with Crippen LogP contribution >= 0.6 is 11.6 Å². The molecule has 0 bridgehead atoms. The van der Waals surface area contributed by atoms with Gasteiger partial charge in [-0.3, -0.25) is 14.4 Å². The van der Waals surface area contributed by atoms with Crippen molar-refractivity contribution in [3.05, 3.63) is 51.8 Å². The van der Waals surface area contributed by atoms with Crippen LogP contribution in [-0.2, 0) is 11.3 Å². The Morgan fingerprint density at radius 1 is 1.13 bits per heavy atom. The lowest BCUT2D eigenvalue weighted by molar-refractivity contribution is 0.0332. The van der Waals surface area contributed by atoms with Crippen LogP contribution in [0.5, 0.6) is 0 Å². The van der Waals surface area contributed by atoms with E-state index >= 15 is 0 Å². The molecule has 2 aliphatic rings. The number of aryl methyl sites for hydroxylation is 1. The number of benzene rings is 1. The molecule has 0 unspecified atom stereocenters. The molecule has 0 spiro atoms. The minimum Gasteiger partial charge on any atom is -0.379 e. The third-order valence-corrected chi connectivity index (χ3v) is 7.10. The van der Waals surface area contributed by atoms with Crippen molar-refractivity contribution in [2.45, 2.75) is 39.7 Å². The SMILES string of the molecule is Cc1nn(Cc2ccccc2Cl)c(C)c1C(=O)N1CCC(CCN2CCOCC2)CC1. The Kier molecular flexibility index (Phi) is 7.31. The summed E-state index contributed by atoms with van der Waals surface area (Å²) in [5.41, 5.74) is 3.47. The molecular formula is C24H33ClN4O2. The first kappa shape index (κ1) is 22.3. The van der Waals surface area contributed by atoms with E-state index in [2.05, 4.69) is 10.00 Å². The van der Waals surface area contributed by atoms with Gasteiger partial charge in [0.25, 0.3) is 5.91 Å². The van der Waals surface area contributed by atoms with E-state index in [0.717, 1.165) is 86.3 Å². The summed E-state index contributed by atoms with van der Waals surface area (Å²) in [5.74, 6) is 0.823. The molecule has 0 radical (unpaired) electrons. The van der Waals surface area contributed by atoms with Crippen LogP contribution < -0.4 is 0 Å². The Hall–Kier alpha value is -1.89. The molecule has 0 atom stereocenters. The Morgan fingerprint density at radius 2 is 1.84 bits per heavy atom. The van der Waals surface area contributed by atoms with Crippen LogP contribution in [0.1, 0.15) is 46.6 Å². The summed E-state index contributed by atoms with van der Waals surface area (Å²) in [6.07, 6.45) is 3.39. The molecule has 31 heavy (non-hydrogen) atoms. The number of hydrogen-bond donors (Lipinski definition) is 0. The van der Waals surface area contributed by atoms with Crippen LogP contribution in [0.2, 0.25) is 5.02 Å². The summed E-state index contributed by atoms with van der Waals surface area (Å²) in [7, 11) is 0. The second-order valence-electron chi connectivity index (χ2n) is 8.77. The first-order chi connectivity index (χ1) is 15.0. The summed E-state index contributed by atoms with van der Waals surface area (Å²) in [6.45, 7) is 11.1. The maximum atomic E-state index is 13.3. The number of piperidine rings is 1. The van der Waals surface area contributed by atoms with E-state index in [9.17, 15) is 4.79 Å². The number of amides is 1. The van der Waals surface area contributed by atoms with Crippen molar-refractivity contribution in [1.82, 2.24) is 19.6 Å². The van der Waals surface area contributed by atoms with E-state index in [1.54, 1.807) is 0 Å². The smallest absolute Gasteiger partial charge is 0.257 e. The van der Waals surface area contributed by atoms with Crippen LogP contribution in [-0.4, -0.2) is 71.4 Å². The van der Waals surface area contributed by atoms with Crippen LogP contribution in [0.4, 0.5) is 0 Å². The van der Waals surface area contributed by atoms with Gasteiger partial charge < -0.3 is 9.64 Å². The molecule has 0 saturated carbocycles. The molecular weight excluding hydrogens is 412 g/mol. The summed E-state index contributed by atoms with van der Waals surface area (Å²) in [5, 5.41) is 5.38. The molecule has 6 nitrogen and oxygen atoms in total. The summed E-state index contributed by atoms with van der Waals surface area (Å²) >= 11 is 6.32. The average molecular weight is 445 g/mol. The summed E-state index contributed by atoms with van der Waals surface area (Å²) < 4.78 is 7.34. The Morgan fingerprint density at radius 3 is 2.55 bits per heavy atom. The van der Waals surface area contributed by atoms with Crippen LogP contribution in [0.3, 0.4) is 0 Å². The third kappa shape index (κ3) is 5.30. The van der Waals surface area contributed by atoms with Crippen LogP contribution in [0.25, 0.3) is 0 Å². The Bertz CT molecular complexity index is 899. The Balaban J connectivity index is 1.34. The van der Waals surface area contributed by atoms with Crippen molar-refractivity contribution in [2.75, 3.05) is 45.9 Å². The molecule has 1 aromatic carbocycles. The van der Waals surface area contributed by atoms with Gasteiger partial charge in [0.1, 0.15) is 0 Å². The van der Waals surface area contributed by atoms with E-state index in [1.165, 1.54) is 6.42 Å². The highest BCUT2D eigenvalue weighted by molar-refractivity contribution is 6.31. The van der Waals surface area contributed by atoms with Crippen molar-refractivity contribution in [2.24, 2.45) is 5.92 Å². The lowest BCUT2D eigenvalue weighted by Gasteiger charge is -2.34. The number of halogens is 1. The van der Waals surface area contributed by atoms with Gasteiger partial charge in [-0.2, -0.15) is 5.10 Å². The standard InChI is InChI=1S/C24H33ClN4O2/c1-18-23(19(2)29(26-18)17-21-5-3-4-6-22(21)25)24(30)28-11-8-20(9-12-28)7-10-27-13-15-31-16-14-27/h3-6,20H,7-17H2,1-2H3. The predicted octanol–water partition coefficient (Wildman–Crippen LogP) is 3.78. The second-order valence-corrected chi connectivity index (χ2v) is 9.18. The van der Waals surface area contributed by atoms with Crippen molar-refractivity contribution in [3.63, 3.8) is 0 Å². The fraction of sp³-hybridized carbons (Fsp3) is 0.583. The highest BCUT2D eigenvalue weighted by Crippen LogP contribution is 2.25. The molecule has 1 amide bonds. The van der Waals surface area contributed by atoms with Crippen molar-refractivity contribution in [1.29, 1.82) is 0 Å². The van der Waals surface area contributed by atoms with Crippen molar-refractivity contribution in [3.8, 4) is 0 Å². The first-order valence-corrected chi connectivity index (χ1v) is 11.8. The van der Waals surface area contributed by atoms with Gasteiger partial charge in [0.15, 0.2) is 0 Å². The summed E-state index contributed by atoms with van der Waals surface area (Å²) in [4.78, 5) is 17.8. The molecule has 2 aromatic rings. The van der Waals surface area contributed by atoms with E-state index < -0.39 is 0 Å². The number of aromatic nitrogens is 2. The normalized spacial score (nSPS) is 18.5. The Labute approximate surface area is 190 Å². The molecule has 1 aromatic heterocycles. The molecule has 0 aliphatic carbocycles. The summed E-state index contributed by atoms with van der Waals surface area (Å²) in [6, 6.07) is 7.79. The van der Waals surface area contributed by atoms with Crippen LogP contribution in [0, 0.1) is 19.8 Å². The average Bonchev–Trinajstić information content (AvgIpc) is 3.07. The van der Waals surface area contributed by atoms with Crippen molar-refractivity contribution >= 4 is 17.5 Å². The molecule has 4 rings (SSSR count). The van der Waals surface area contributed by atoms with Gasteiger partial charge in [0.2, 0.25) is 0 Å². The molecule has 2 fully saturated rings. The number of carbonyl (C=O) groups is 1. The number of rotatable bonds is 6. The van der Waals surface area contributed by atoms with Gasteiger partial charge in [-0.15, -0.1) is 0 Å². The first-order valence-electron chi connectivity index (χ1n) is 11.4. The maximum absolute atomic E-state index is 13.3. The third-order valence-electron chi connectivity index (χ3n) is 6.73. The minimum absolute atomic E-state index is 0.118. The number of likely N-dealkylation sites (tertiary alicyclic amines) is 1. The lowest BCUT2D eigenvalue weighted by atomic mass is 9.93. The van der Waals surface area contributed by atoms with Gasteiger partial charge in [-0.25, -0.2) is 0 Å². The molecule has 7 heteroatoms. The number of carbonyl (C=O) groups excluding carboxylic acids is 1. The number of ether oxygens (including phenoxy) is 1. The molecule has 0 N–H and O–H groups in total. The predicted molar refractivity (Wildman–Crippen MR) is 123 cm³/mol. The molecule has 2 aliphatic heterocycles. The zero-order valence-corrected chi connectivity index (χ0v) is 19.4. The second kappa shape index (κ2) is 10.2. The lowest BCUT2D eigenvalue weighted by Crippen LogP contribution is -2.41. The van der Waals surface area contributed by atoms with Gasteiger partial charge in [0, 0.05) is 36.9 Å². The van der Waals surface area contributed by atoms with Crippen molar-refractivity contribution < 1.29 is 9.53 Å². The molecule has 168 valence electrons. The van der Waals surface area contributed by atoms with E-state index in [1.807, 2.05) is 47.7 Å². The largest absolute Gasteiger partial charge is 0.379 e. The minimum atomic E-state index is 0.118. The zero-order valence-electron chi connectivity index (χ0n) is 18.6. The monoisotopic (exact) mass is 444 g/mol. The quantitative estimate of drug-likeness (QED) is 0.680. The number of hydrogen-bond acceptors (Lipinski definition) is 4. The molecule has 3 heterocycles. The highest BCUT2D eigenvalue weighted by Gasteiger charge is 2.28. The zero-order chi connectivity index (χ0) is 21.8. The number of morpholine rings is 1. The van der Waals surface area contributed by atoms with Gasteiger partial charge in [-0.1, -0.05) is 29.8 Å². The fourth-order valence-corrected chi connectivity index (χ4v) is 4.92. The van der Waals surface area contributed by atoms with Crippen LogP contribution in [0.15, 0.2) is 24.3 Å². The van der Waals surface area contributed by atoms with E-state index in [-0.39, 0.29) is 5.91 Å². The van der Waals surface area contributed by atoms with Gasteiger partial charge in [-0.05, 0) is 57.2 Å². The van der Waals surface area contributed by atoms with Gasteiger partial charge >= 0.3 is 0 Å². The van der Waals surface area contributed by atoms with Gasteiger partial charge in [0.05, 0.1) is 31.0 Å². The van der Waals surface area contributed by atoms with E-state index in [0.29, 0.717) is 12.5 Å². The molecule has 2 saturated heterocycles. The maximum Gasteiger partial charge on any atom is 0.257 e. The highest BCUT2D eigenvalue weighted by atomic mass is 35.5. The number of nitrogens with zero attached hydrogens (tertiary/aromatic N) is 4. The fourth-order valence-electron chi connectivity index (χ4n) is 4.72.